The fourth-order valence-electron chi connectivity index (χ4n) is 3.15. The Morgan fingerprint density at radius 1 is 1.10 bits per heavy atom. The van der Waals surface area contributed by atoms with Crippen molar-refractivity contribution in [2.24, 2.45) is 0 Å². The van der Waals surface area contributed by atoms with Crippen LogP contribution in [0, 0.1) is 6.92 Å². The zero-order valence-electron chi connectivity index (χ0n) is 17.8. The second-order valence-corrected chi connectivity index (χ2v) is 7.63. The van der Waals surface area contributed by atoms with Crippen molar-refractivity contribution in [2.45, 2.75) is 39.8 Å². The molecule has 6 nitrogen and oxygen atoms in total. The molecule has 1 aromatic heterocycles. The molecule has 158 valence electrons. The highest BCUT2D eigenvalue weighted by molar-refractivity contribution is 6.33. The topological polar surface area (TPSA) is 65.4 Å². The Labute approximate surface area is 181 Å². The number of hydrogen-bond acceptors (Lipinski definition) is 4. The standard InChI is InChI=1S/C23H26ClN3O3/c1-14(2)30-19-12-11-17(13-20(19)29-5)15(3)25-23(28)21-16(4)26-27(22(21)24)18-9-7-6-8-10-18/h6-15H,1-5H3,(H,25,28). The maximum absolute atomic E-state index is 13.0. The fraction of sp³-hybridized carbons (Fsp3) is 0.304. The maximum atomic E-state index is 13.0. The Kier molecular flexibility index (Phi) is 6.67. The van der Waals surface area contributed by atoms with Gasteiger partial charge < -0.3 is 14.8 Å². The highest BCUT2D eigenvalue weighted by atomic mass is 35.5. The van der Waals surface area contributed by atoms with Crippen LogP contribution >= 0.6 is 11.6 Å². The van der Waals surface area contributed by atoms with E-state index in [4.69, 9.17) is 21.1 Å². The number of nitrogens with one attached hydrogen (secondary N) is 1. The molecule has 3 rings (SSSR count). The third-order valence-corrected chi connectivity index (χ3v) is 4.98. The van der Waals surface area contributed by atoms with Gasteiger partial charge in [-0.3, -0.25) is 4.79 Å². The Hall–Kier alpha value is -2.99. The van der Waals surface area contributed by atoms with Crippen molar-refractivity contribution in [3.63, 3.8) is 0 Å². The summed E-state index contributed by atoms with van der Waals surface area (Å²) < 4.78 is 12.8. The molecule has 1 heterocycles. The lowest BCUT2D eigenvalue weighted by Crippen LogP contribution is -2.27. The summed E-state index contributed by atoms with van der Waals surface area (Å²) in [6, 6.07) is 14.8. The number of rotatable bonds is 7. The summed E-state index contributed by atoms with van der Waals surface area (Å²) in [6.45, 7) is 7.59. The molecule has 0 saturated heterocycles. The van der Waals surface area contributed by atoms with Gasteiger partial charge >= 0.3 is 0 Å². The van der Waals surface area contributed by atoms with Crippen LogP contribution in [-0.4, -0.2) is 28.9 Å². The number of nitrogens with zero attached hydrogens (tertiary/aromatic N) is 2. The molecule has 0 radical (unpaired) electrons. The summed E-state index contributed by atoms with van der Waals surface area (Å²) in [6.07, 6.45) is 0.0353. The van der Waals surface area contributed by atoms with Crippen molar-refractivity contribution in [1.82, 2.24) is 15.1 Å². The summed E-state index contributed by atoms with van der Waals surface area (Å²) in [7, 11) is 1.59. The number of aromatic nitrogens is 2. The molecule has 3 aromatic rings. The van der Waals surface area contributed by atoms with Gasteiger partial charge in [0, 0.05) is 0 Å². The van der Waals surface area contributed by atoms with Gasteiger partial charge in [0.2, 0.25) is 0 Å². The van der Waals surface area contributed by atoms with Crippen LogP contribution in [0.15, 0.2) is 48.5 Å². The SMILES string of the molecule is COc1cc(C(C)NC(=O)c2c(C)nn(-c3ccccc3)c2Cl)ccc1OC(C)C. The molecular formula is C23H26ClN3O3. The van der Waals surface area contributed by atoms with Gasteiger partial charge in [-0.2, -0.15) is 5.10 Å². The fourth-order valence-corrected chi connectivity index (χ4v) is 3.51. The second kappa shape index (κ2) is 9.22. The predicted octanol–water partition coefficient (Wildman–Crippen LogP) is 5.12. The molecular weight excluding hydrogens is 402 g/mol. The average molecular weight is 428 g/mol. The van der Waals surface area contributed by atoms with Crippen LogP contribution in [0.1, 0.15) is 48.4 Å². The molecule has 0 bridgehead atoms. The van der Waals surface area contributed by atoms with Gasteiger partial charge in [0.1, 0.15) is 5.15 Å². The van der Waals surface area contributed by atoms with E-state index in [1.807, 2.05) is 69.3 Å². The number of carbonyl (C=O) groups excluding carboxylic acids is 1. The van der Waals surface area contributed by atoms with Crippen molar-refractivity contribution in [1.29, 1.82) is 0 Å². The van der Waals surface area contributed by atoms with Crippen LogP contribution in [0.3, 0.4) is 0 Å². The largest absolute Gasteiger partial charge is 0.493 e. The minimum atomic E-state index is -0.284. The van der Waals surface area contributed by atoms with Gasteiger partial charge in [-0.05, 0) is 57.5 Å². The van der Waals surface area contributed by atoms with Crippen molar-refractivity contribution in [3.8, 4) is 17.2 Å². The number of carbonyl (C=O) groups is 1. The minimum absolute atomic E-state index is 0.0353. The van der Waals surface area contributed by atoms with Crippen LogP contribution in [0.25, 0.3) is 5.69 Å². The van der Waals surface area contributed by atoms with Crippen LogP contribution in [0.4, 0.5) is 0 Å². The van der Waals surface area contributed by atoms with E-state index in [-0.39, 0.29) is 23.2 Å². The lowest BCUT2D eigenvalue weighted by molar-refractivity contribution is 0.0939. The van der Waals surface area contributed by atoms with E-state index in [2.05, 4.69) is 10.4 Å². The number of halogens is 1. The van der Waals surface area contributed by atoms with Crippen LogP contribution < -0.4 is 14.8 Å². The molecule has 1 amide bonds. The van der Waals surface area contributed by atoms with Gasteiger partial charge in [0.25, 0.3) is 5.91 Å². The van der Waals surface area contributed by atoms with Gasteiger partial charge in [-0.15, -0.1) is 0 Å². The van der Waals surface area contributed by atoms with E-state index in [0.29, 0.717) is 22.8 Å². The van der Waals surface area contributed by atoms with Gasteiger partial charge in [0.05, 0.1) is 36.2 Å². The van der Waals surface area contributed by atoms with Crippen LogP contribution in [0.5, 0.6) is 11.5 Å². The molecule has 0 aliphatic rings. The Morgan fingerprint density at radius 3 is 2.43 bits per heavy atom. The van der Waals surface area contributed by atoms with Gasteiger partial charge in [-0.1, -0.05) is 35.9 Å². The first kappa shape index (κ1) is 21.7. The van der Waals surface area contributed by atoms with Crippen LogP contribution in [0.2, 0.25) is 5.15 Å². The van der Waals surface area contributed by atoms with Crippen molar-refractivity contribution in [2.75, 3.05) is 7.11 Å². The third kappa shape index (κ3) is 4.60. The molecule has 7 heteroatoms. The smallest absolute Gasteiger partial charge is 0.256 e. The minimum Gasteiger partial charge on any atom is -0.493 e. The Bertz CT molecular complexity index is 1030. The Morgan fingerprint density at radius 2 is 1.80 bits per heavy atom. The second-order valence-electron chi connectivity index (χ2n) is 7.27. The number of ether oxygens (including phenoxy) is 2. The average Bonchev–Trinajstić information content (AvgIpc) is 3.02. The predicted molar refractivity (Wildman–Crippen MR) is 118 cm³/mol. The first-order valence-corrected chi connectivity index (χ1v) is 10.2. The van der Waals surface area contributed by atoms with Crippen molar-refractivity contribution >= 4 is 17.5 Å². The quantitative estimate of drug-likeness (QED) is 0.568. The highest BCUT2D eigenvalue weighted by Gasteiger charge is 2.23. The maximum Gasteiger partial charge on any atom is 0.256 e. The van der Waals surface area contributed by atoms with Crippen molar-refractivity contribution in [3.05, 3.63) is 70.5 Å². The zero-order valence-corrected chi connectivity index (χ0v) is 18.5. The molecule has 1 unspecified atom stereocenters. The molecule has 0 saturated carbocycles. The lowest BCUT2D eigenvalue weighted by Gasteiger charge is -2.18. The number of amides is 1. The number of methoxy groups -OCH3 is 1. The summed E-state index contributed by atoms with van der Waals surface area (Å²) in [4.78, 5) is 13.0. The van der Waals surface area contributed by atoms with E-state index in [0.717, 1.165) is 11.3 Å². The number of para-hydroxylation sites is 1. The molecule has 2 aromatic carbocycles. The van der Waals surface area contributed by atoms with E-state index in [1.165, 1.54) is 0 Å². The molecule has 0 spiro atoms. The normalized spacial score (nSPS) is 12.0. The number of aryl methyl sites for hydroxylation is 1. The number of benzene rings is 2. The lowest BCUT2D eigenvalue weighted by atomic mass is 10.1. The van der Waals surface area contributed by atoms with E-state index >= 15 is 0 Å². The molecule has 0 aliphatic carbocycles. The number of hydrogen-bond donors (Lipinski definition) is 1. The highest BCUT2D eigenvalue weighted by Crippen LogP contribution is 2.31. The van der Waals surface area contributed by atoms with E-state index in [1.54, 1.807) is 18.7 Å². The molecule has 0 fully saturated rings. The summed E-state index contributed by atoms with van der Waals surface area (Å²) in [5.41, 5.74) is 2.61. The van der Waals surface area contributed by atoms with E-state index < -0.39 is 0 Å². The summed E-state index contributed by atoms with van der Waals surface area (Å²) in [5.74, 6) is 1.000. The van der Waals surface area contributed by atoms with E-state index in [9.17, 15) is 4.79 Å². The third-order valence-electron chi connectivity index (χ3n) is 4.63. The summed E-state index contributed by atoms with van der Waals surface area (Å²) in [5, 5.41) is 7.71. The van der Waals surface area contributed by atoms with Crippen molar-refractivity contribution < 1.29 is 14.3 Å². The Balaban J connectivity index is 1.82. The van der Waals surface area contributed by atoms with Crippen LogP contribution in [-0.2, 0) is 0 Å². The molecule has 0 aliphatic heterocycles. The monoisotopic (exact) mass is 427 g/mol. The molecule has 30 heavy (non-hydrogen) atoms. The van der Waals surface area contributed by atoms with Gasteiger partial charge in [0.15, 0.2) is 11.5 Å². The molecule has 1 N–H and O–H groups in total. The first-order valence-electron chi connectivity index (χ1n) is 9.77. The first-order chi connectivity index (χ1) is 14.3. The summed E-state index contributed by atoms with van der Waals surface area (Å²) >= 11 is 6.51. The molecule has 1 atom stereocenters. The van der Waals surface area contributed by atoms with Gasteiger partial charge in [-0.25, -0.2) is 4.68 Å². The zero-order chi connectivity index (χ0) is 21.8.